The second-order valence-corrected chi connectivity index (χ2v) is 5.72. The van der Waals surface area contributed by atoms with Crippen LogP contribution in [0.4, 0.5) is 4.39 Å². The van der Waals surface area contributed by atoms with Gasteiger partial charge in [-0.3, -0.25) is 0 Å². The van der Waals surface area contributed by atoms with E-state index in [4.69, 9.17) is 11.6 Å². The van der Waals surface area contributed by atoms with Crippen LogP contribution in [0.1, 0.15) is 24.8 Å². The van der Waals surface area contributed by atoms with Crippen LogP contribution in [0.15, 0.2) is 18.2 Å². The third-order valence-corrected chi connectivity index (χ3v) is 4.37. The number of hydrogen-bond donors (Lipinski definition) is 1. The van der Waals surface area contributed by atoms with Gasteiger partial charge in [-0.05, 0) is 51.1 Å². The zero-order chi connectivity index (χ0) is 13.2. The zero-order valence-corrected chi connectivity index (χ0v) is 11.7. The molecular formula is C14H20ClFN2. The fourth-order valence-electron chi connectivity index (χ4n) is 2.46. The van der Waals surface area contributed by atoms with Crippen molar-refractivity contribution in [2.24, 2.45) is 0 Å². The first kappa shape index (κ1) is 13.8. The molecule has 1 aromatic rings. The maximum absolute atomic E-state index is 12.9. The highest BCUT2D eigenvalue weighted by Gasteiger charge is 2.38. The summed E-state index contributed by atoms with van der Waals surface area (Å²) in [4.78, 5) is 2.30. The van der Waals surface area contributed by atoms with E-state index in [1.165, 1.54) is 31.4 Å². The second kappa shape index (κ2) is 5.55. The van der Waals surface area contributed by atoms with Crippen LogP contribution in [0.2, 0.25) is 5.02 Å². The largest absolute Gasteiger partial charge is 0.311 e. The van der Waals surface area contributed by atoms with Gasteiger partial charge in [-0.25, -0.2) is 4.39 Å². The summed E-state index contributed by atoms with van der Waals surface area (Å²) >= 11 is 6.00. The topological polar surface area (TPSA) is 15.3 Å². The lowest BCUT2D eigenvalue weighted by atomic mass is 9.75. The van der Waals surface area contributed by atoms with E-state index in [1.807, 2.05) is 0 Å². The molecule has 0 atom stereocenters. The number of rotatable bonds is 5. The van der Waals surface area contributed by atoms with Gasteiger partial charge >= 0.3 is 0 Å². The molecule has 1 fully saturated rings. The minimum absolute atomic E-state index is 0.285. The Bertz CT molecular complexity index is 416. The Balaban J connectivity index is 1.88. The SMILES string of the molecule is CN(C)C1(CNCc2ccc(F)cc2Cl)CCC1. The molecule has 0 bridgehead atoms. The van der Waals surface area contributed by atoms with Gasteiger partial charge in [0.1, 0.15) is 5.82 Å². The molecule has 4 heteroatoms. The summed E-state index contributed by atoms with van der Waals surface area (Å²) in [5.41, 5.74) is 1.25. The molecule has 0 unspecified atom stereocenters. The minimum atomic E-state index is -0.285. The van der Waals surface area contributed by atoms with Crippen LogP contribution < -0.4 is 5.32 Å². The lowest BCUT2D eigenvalue weighted by molar-refractivity contribution is 0.0598. The Morgan fingerprint density at radius 3 is 2.61 bits per heavy atom. The number of halogens is 2. The molecule has 100 valence electrons. The summed E-state index contributed by atoms with van der Waals surface area (Å²) < 4.78 is 12.9. The Morgan fingerprint density at radius 2 is 2.11 bits per heavy atom. The molecule has 2 nitrogen and oxygen atoms in total. The van der Waals surface area contributed by atoms with E-state index >= 15 is 0 Å². The van der Waals surface area contributed by atoms with Crippen LogP contribution in [-0.4, -0.2) is 31.1 Å². The normalized spacial score (nSPS) is 17.8. The van der Waals surface area contributed by atoms with Crippen molar-refractivity contribution in [1.29, 1.82) is 0 Å². The summed E-state index contributed by atoms with van der Waals surface area (Å²) in [6, 6.07) is 4.56. The second-order valence-electron chi connectivity index (χ2n) is 5.31. The molecule has 1 saturated carbocycles. The molecule has 0 aliphatic heterocycles. The fraction of sp³-hybridized carbons (Fsp3) is 0.571. The highest BCUT2D eigenvalue weighted by Crippen LogP contribution is 2.35. The Labute approximate surface area is 113 Å². The standard InChI is InChI=1S/C14H20ClFN2/c1-18(2)14(6-3-7-14)10-17-9-11-4-5-12(16)8-13(11)15/h4-5,8,17H,3,6-7,9-10H2,1-2H3. The first-order valence-electron chi connectivity index (χ1n) is 6.36. The first-order valence-corrected chi connectivity index (χ1v) is 6.73. The highest BCUT2D eigenvalue weighted by atomic mass is 35.5. The summed E-state index contributed by atoms with van der Waals surface area (Å²) in [7, 11) is 4.26. The number of nitrogens with one attached hydrogen (secondary N) is 1. The van der Waals surface area contributed by atoms with Gasteiger partial charge in [0.25, 0.3) is 0 Å². The van der Waals surface area contributed by atoms with Gasteiger partial charge in [-0.2, -0.15) is 0 Å². The van der Waals surface area contributed by atoms with Gasteiger partial charge in [0.05, 0.1) is 0 Å². The molecule has 0 spiro atoms. The van der Waals surface area contributed by atoms with Crippen molar-refractivity contribution in [1.82, 2.24) is 10.2 Å². The highest BCUT2D eigenvalue weighted by molar-refractivity contribution is 6.31. The van der Waals surface area contributed by atoms with Crippen LogP contribution in [0.3, 0.4) is 0 Å². The molecule has 1 aliphatic carbocycles. The van der Waals surface area contributed by atoms with Crippen LogP contribution in [-0.2, 0) is 6.54 Å². The molecule has 0 aromatic heterocycles. The maximum Gasteiger partial charge on any atom is 0.124 e. The van der Waals surface area contributed by atoms with E-state index < -0.39 is 0 Å². The summed E-state index contributed by atoms with van der Waals surface area (Å²) in [5.74, 6) is -0.285. The van der Waals surface area contributed by atoms with E-state index in [1.54, 1.807) is 6.07 Å². The molecule has 1 aliphatic rings. The number of hydrogen-bond acceptors (Lipinski definition) is 2. The lowest BCUT2D eigenvalue weighted by Gasteiger charge is -2.47. The van der Waals surface area contributed by atoms with E-state index in [0.717, 1.165) is 12.1 Å². The van der Waals surface area contributed by atoms with Gasteiger partial charge in [0.2, 0.25) is 0 Å². The first-order chi connectivity index (χ1) is 8.53. The Hall–Kier alpha value is -0.640. The van der Waals surface area contributed by atoms with Crippen molar-refractivity contribution in [2.75, 3.05) is 20.6 Å². The molecule has 0 heterocycles. The third-order valence-electron chi connectivity index (χ3n) is 4.02. The molecule has 0 radical (unpaired) electrons. The molecule has 0 amide bonds. The average Bonchev–Trinajstić information content (AvgIpc) is 2.24. The average molecular weight is 271 g/mol. The number of likely N-dealkylation sites (N-methyl/N-ethyl adjacent to an activating group) is 1. The van der Waals surface area contributed by atoms with E-state index in [2.05, 4.69) is 24.3 Å². The van der Waals surface area contributed by atoms with Crippen LogP contribution in [0.5, 0.6) is 0 Å². The fourth-order valence-corrected chi connectivity index (χ4v) is 2.70. The van der Waals surface area contributed by atoms with E-state index in [-0.39, 0.29) is 5.82 Å². The minimum Gasteiger partial charge on any atom is -0.311 e. The molecule has 2 rings (SSSR count). The Kier molecular flexibility index (Phi) is 4.25. The van der Waals surface area contributed by atoms with Crippen LogP contribution in [0, 0.1) is 5.82 Å². The van der Waals surface area contributed by atoms with Gasteiger partial charge in [-0.1, -0.05) is 17.7 Å². The summed E-state index contributed by atoms with van der Waals surface area (Å²) in [5, 5.41) is 3.93. The molecule has 18 heavy (non-hydrogen) atoms. The third kappa shape index (κ3) is 2.85. The summed E-state index contributed by atoms with van der Waals surface area (Å²) in [6.45, 7) is 1.64. The van der Waals surface area contributed by atoms with Gasteiger partial charge in [-0.15, -0.1) is 0 Å². The quantitative estimate of drug-likeness (QED) is 0.885. The maximum atomic E-state index is 12.9. The predicted octanol–water partition coefficient (Wildman–Crippen LogP) is 3.05. The number of benzene rings is 1. The Morgan fingerprint density at radius 1 is 1.39 bits per heavy atom. The van der Waals surface area contributed by atoms with Gasteiger partial charge in [0.15, 0.2) is 0 Å². The summed E-state index contributed by atoms with van der Waals surface area (Å²) in [6.07, 6.45) is 3.78. The molecule has 0 saturated heterocycles. The van der Waals surface area contributed by atoms with Crippen molar-refractivity contribution >= 4 is 11.6 Å². The van der Waals surface area contributed by atoms with Crippen molar-refractivity contribution in [3.05, 3.63) is 34.6 Å². The van der Waals surface area contributed by atoms with E-state index in [9.17, 15) is 4.39 Å². The number of nitrogens with zero attached hydrogens (tertiary/aromatic N) is 1. The van der Waals surface area contributed by atoms with Crippen molar-refractivity contribution in [3.63, 3.8) is 0 Å². The molecule has 1 N–H and O–H groups in total. The van der Waals surface area contributed by atoms with Crippen LogP contribution in [0.25, 0.3) is 0 Å². The molecule has 1 aromatic carbocycles. The predicted molar refractivity (Wildman–Crippen MR) is 73.4 cm³/mol. The van der Waals surface area contributed by atoms with Crippen molar-refractivity contribution < 1.29 is 4.39 Å². The van der Waals surface area contributed by atoms with E-state index in [0.29, 0.717) is 17.1 Å². The zero-order valence-electron chi connectivity index (χ0n) is 11.0. The van der Waals surface area contributed by atoms with Crippen LogP contribution >= 0.6 is 11.6 Å². The van der Waals surface area contributed by atoms with Gasteiger partial charge in [0, 0.05) is 23.7 Å². The lowest BCUT2D eigenvalue weighted by Crippen LogP contribution is -2.56. The van der Waals surface area contributed by atoms with Crippen molar-refractivity contribution in [2.45, 2.75) is 31.3 Å². The van der Waals surface area contributed by atoms with Crippen molar-refractivity contribution in [3.8, 4) is 0 Å². The smallest absolute Gasteiger partial charge is 0.124 e. The van der Waals surface area contributed by atoms with Gasteiger partial charge < -0.3 is 10.2 Å². The molecular weight excluding hydrogens is 251 g/mol. The monoisotopic (exact) mass is 270 g/mol.